The Hall–Kier alpha value is -3.46. The zero-order valence-corrected chi connectivity index (χ0v) is 18.0. The van der Waals surface area contributed by atoms with Crippen LogP contribution in [0.1, 0.15) is 33.1 Å². The quantitative estimate of drug-likeness (QED) is 0.581. The maximum atomic E-state index is 13.0. The molecular weight excluding hydrogens is 417 g/mol. The molecule has 0 N–H and O–H groups in total. The number of hydrogen-bond donors (Lipinski definition) is 0. The van der Waals surface area contributed by atoms with Crippen LogP contribution in [-0.2, 0) is 13.2 Å². The number of aromatic nitrogens is 1. The van der Waals surface area contributed by atoms with Crippen molar-refractivity contribution in [1.29, 1.82) is 0 Å². The molecule has 9 heteroatoms. The summed E-state index contributed by atoms with van der Waals surface area (Å²) < 4.78 is 29.2. The molecule has 4 rings (SSSR count). The fourth-order valence-corrected chi connectivity index (χ4v) is 3.64. The van der Waals surface area contributed by atoms with Crippen LogP contribution in [0.2, 0.25) is 0 Å². The molecule has 3 heterocycles. The van der Waals surface area contributed by atoms with Crippen LogP contribution in [-0.4, -0.2) is 47.0 Å². The van der Waals surface area contributed by atoms with E-state index >= 15 is 0 Å². The Kier molecular flexibility index (Phi) is 6.36. The molecule has 1 aliphatic rings. The Bertz CT molecular complexity index is 1130. The van der Waals surface area contributed by atoms with Gasteiger partial charge in [0.25, 0.3) is 5.91 Å². The number of rotatable bonds is 6. The van der Waals surface area contributed by atoms with Crippen LogP contribution in [0.5, 0.6) is 5.75 Å². The molecule has 0 bridgehead atoms. The summed E-state index contributed by atoms with van der Waals surface area (Å²) in [6.07, 6.45) is 1.30. The average molecular weight is 441 g/mol. The molecule has 0 spiro atoms. The fourth-order valence-electron chi connectivity index (χ4n) is 3.64. The Balaban J connectivity index is 1.30. The van der Waals surface area contributed by atoms with Crippen LogP contribution < -0.4 is 10.2 Å². The molecular formula is C23H24FN3O5. The Morgan fingerprint density at radius 2 is 1.88 bits per heavy atom. The van der Waals surface area contributed by atoms with Gasteiger partial charge in [-0.25, -0.2) is 4.39 Å². The molecule has 1 aromatic carbocycles. The molecule has 1 amide bonds. The summed E-state index contributed by atoms with van der Waals surface area (Å²) in [4.78, 5) is 29.0. The molecule has 32 heavy (non-hydrogen) atoms. The van der Waals surface area contributed by atoms with Crippen molar-refractivity contribution in [3.63, 3.8) is 0 Å². The minimum absolute atomic E-state index is 0.0740. The molecule has 1 saturated heterocycles. The van der Waals surface area contributed by atoms with Crippen LogP contribution in [0, 0.1) is 19.7 Å². The topological polar surface area (TPSA) is 89.0 Å². The van der Waals surface area contributed by atoms with Gasteiger partial charge >= 0.3 is 0 Å². The van der Waals surface area contributed by atoms with Crippen molar-refractivity contribution in [1.82, 2.24) is 15.0 Å². The van der Waals surface area contributed by atoms with Crippen molar-refractivity contribution in [2.24, 2.45) is 0 Å². The van der Waals surface area contributed by atoms with Gasteiger partial charge in [0.2, 0.25) is 11.2 Å². The van der Waals surface area contributed by atoms with Gasteiger partial charge in [-0.2, -0.15) is 0 Å². The number of ether oxygens (including phenoxy) is 1. The van der Waals surface area contributed by atoms with Crippen LogP contribution in [0.4, 0.5) is 4.39 Å². The molecule has 0 unspecified atom stereocenters. The maximum absolute atomic E-state index is 13.0. The maximum Gasteiger partial charge on any atom is 0.259 e. The first-order valence-electron chi connectivity index (χ1n) is 10.3. The number of amides is 1. The SMILES string of the molecule is Cc1noc(C)c1C(=O)N1CCN(Cc2cc(=O)c(OCc3ccc(F)cc3)co2)CC1. The molecule has 8 nitrogen and oxygen atoms in total. The first-order chi connectivity index (χ1) is 15.4. The zero-order valence-electron chi connectivity index (χ0n) is 18.0. The van der Waals surface area contributed by atoms with E-state index in [1.54, 1.807) is 30.9 Å². The smallest absolute Gasteiger partial charge is 0.259 e. The summed E-state index contributed by atoms with van der Waals surface area (Å²) in [5.41, 5.74) is 1.60. The molecule has 0 radical (unpaired) electrons. The van der Waals surface area contributed by atoms with E-state index < -0.39 is 0 Å². The zero-order chi connectivity index (χ0) is 22.7. The second-order valence-corrected chi connectivity index (χ2v) is 7.76. The van der Waals surface area contributed by atoms with Gasteiger partial charge in [0, 0.05) is 32.2 Å². The van der Waals surface area contributed by atoms with Crippen molar-refractivity contribution in [3.8, 4) is 5.75 Å². The normalized spacial score (nSPS) is 14.5. The van der Waals surface area contributed by atoms with E-state index in [1.165, 1.54) is 24.5 Å². The van der Waals surface area contributed by atoms with Gasteiger partial charge in [-0.3, -0.25) is 14.5 Å². The van der Waals surface area contributed by atoms with Crippen LogP contribution in [0.3, 0.4) is 0 Å². The fraction of sp³-hybridized carbons (Fsp3) is 0.348. The number of hydrogen-bond acceptors (Lipinski definition) is 7. The van der Waals surface area contributed by atoms with Crippen molar-refractivity contribution < 1.29 is 22.9 Å². The third kappa shape index (κ3) is 4.88. The molecule has 0 aliphatic carbocycles. The van der Waals surface area contributed by atoms with Gasteiger partial charge in [0.1, 0.15) is 35.8 Å². The van der Waals surface area contributed by atoms with E-state index in [0.717, 1.165) is 5.56 Å². The summed E-state index contributed by atoms with van der Waals surface area (Å²) in [5.74, 6) is 0.752. The number of carbonyl (C=O) groups is 1. The summed E-state index contributed by atoms with van der Waals surface area (Å²) in [6.45, 7) is 6.53. The van der Waals surface area contributed by atoms with Gasteiger partial charge in [-0.15, -0.1) is 0 Å². The second-order valence-electron chi connectivity index (χ2n) is 7.76. The van der Waals surface area contributed by atoms with Crippen LogP contribution >= 0.6 is 0 Å². The summed E-state index contributed by atoms with van der Waals surface area (Å²) in [5, 5.41) is 3.85. The molecule has 0 saturated carbocycles. The van der Waals surface area contributed by atoms with Crippen molar-refractivity contribution in [2.45, 2.75) is 27.0 Å². The third-order valence-electron chi connectivity index (χ3n) is 5.45. The molecule has 1 fully saturated rings. The van der Waals surface area contributed by atoms with E-state index in [0.29, 0.717) is 55.5 Å². The van der Waals surface area contributed by atoms with Crippen molar-refractivity contribution in [2.75, 3.05) is 26.2 Å². The van der Waals surface area contributed by atoms with E-state index in [4.69, 9.17) is 13.7 Å². The van der Waals surface area contributed by atoms with E-state index in [-0.39, 0.29) is 29.5 Å². The van der Waals surface area contributed by atoms with Gasteiger partial charge in [-0.05, 0) is 31.5 Å². The largest absolute Gasteiger partial charge is 0.482 e. The van der Waals surface area contributed by atoms with E-state index in [1.807, 2.05) is 0 Å². The molecule has 168 valence electrons. The first-order valence-corrected chi connectivity index (χ1v) is 10.3. The van der Waals surface area contributed by atoms with Gasteiger partial charge in [0.15, 0.2) is 0 Å². The Morgan fingerprint density at radius 3 is 2.50 bits per heavy atom. The number of carbonyl (C=O) groups excluding carboxylic acids is 1. The van der Waals surface area contributed by atoms with Crippen LogP contribution in [0.25, 0.3) is 0 Å². The monoisotopic (exact) mass is 441 g/mol. The highest BCUT2D eigenvalue weighted by molar-refractivity contribution is 5.96. The van der Waals surface area contributed by atoms with E-state index in [9.17, 15) is 14.0 Å². The predicted octanol–water partition coefficient (Wildman–Crippen LogP) is 2.92. The lowest BCUT2D eigenvalue weighted by Crippen LogP contribution is -2.48. The number of aryl methyl sites for hydroxylation is 2. The van der Waals surface area contributed by atoms with Crippen molar-refractivity contribution >= 4 is 5.91 Å². The number of halogens is 1. The van der Waals surface area contributed by atoms with Gasteiger partial charge in [-0.1, -0.05) is 17.3 Å². The molecule has 2 aromatic heterocycles. The minimum Gasteiger partial charge on any atom is -0.482 e. The van der Waals surface area contributed by atoms with Crippen molar-refractivity contribution in [3.05, 3.63) is 81.0 Å². The molecule has 3 aromatic rings. The summed E-state index contributed by atoms with van der Waals surface area (Å²) >= 11 is 0. The lowest BCUT2D eigenvalue weighted by atomic mass is 10.1. The second kappa shape index (κ2) is 9.35. The summed E-state index contributed by atoms with van der Waals surface area (Å²) in [6, 6.07) is 7.29. The Labute approximate surface area is 184 Å². The molecule has 1 aliphatic heterocycles. The minimum atomic E-state index is -0.327. The third-order valence-corrected chi connectivity index (χ3v) is 5.45. The lowest BCUT2D eigenvalue weighted by Gasteiger charge is -2.34. The van der Waals surface area contributed by atoms with Gasteiger partial charge < -0.3 is 18.6 Å². The lowest BCUT2D eigenvalue weighted by molar-refractivity contribution is 0.0617. The number of nitrogens with zero attached hydrogens (tertiary/aromatic N) is 3. The van der Waals surface area contributed by atoms with Gasteiger partial charge in [0.05, 0.1) is 12.2 Å². The standard InChI is InChI=1S/C23H24FN3O5/c1-15-22(16(2)32-25-15)23(29)27-9-7-26(8-10-27)12-19-11-20(28)21(14-30-19)31-13-17-3-5-18(24)6-4-17/h3-6,11,14H,7-10,12-13H2,1-2H3. The number of piperazine rings is 1. The van der Waals surface area contributed by atoms with E-state index in [2.05, 4.69) is 10.1 Å². The van der Waals surface area contributed by atoms with Crippen LogP contribution in [0.15, 0.2) is 50.3 Å². The highest BCUT2D eigenvalue weighted by Gasteiger charge is 2.27. The number of benzene rings is 1. The average Bonchev–Trinajstić information content (AvgIpc) is 3.12. The highest BCUT2D eigenvalue weighted by atomic mass is 19.1. The molecule has 0 atom stereocenters. The summed E-state index contributed by atoms with van der Waals surface area (Å²) in [7, 11) is 0. The predicted molar refractivity (Wildman–Crippen MR) is 113 cm³/mol. The first kappa shape index (κ1) is 21.8. The highest BCUT2D eigenvalue weighted by Crippen LogP contribution is 2.17. The Morgan fingerprint density at radius 1 is 1.16 bits per heavy atom.